The van der Waals surface area contributed by atoms with Gasteiger partial charge in [0, 0.05) is 12.8 Å². The summed E-state index contributed by atoms with van der Waals surface area (Å²) in [5.41, 5.74) is -0.281. The molecule has 1 aromatic rings. The molecule has 196 valence electrons. The monoisotopic (exact) mass is 478 g/mol. The van der Waals surface area contributed by atoms with Crippen molar-refractivity contribution in [3.05, 3.63) is 16.6 Å². The van der Waals surface area contributed by atoms with Crippen molar-refractivity contribution in [2.45, 2.75) is 155 Å². The molecule has 0 bridgehead atoms. The molecule has 1 rings (SSSR count). The quantitative estimate of drug-likeness (QED) is 0.0847. The first-order chi connectivity index (χ1) is 16.6. The van der Waals surface area contributed by atoms with Crippen LogP contribution in [0.25, 0.3) is 0 Å². The first kappa shape index (κ1) is 30.3. The summed E-state index contributed by atoms with van der Waals surface area (Å²) < 4.78 is 4.61. The number of hydrogen-bond donors (Lipinski definition) is 0. The van der Waals surface area contributed by atoms with Crippen LogP contribution in [0.5, 0.6) is 0 Å². The molecule has 0 unspecified atom stereocenters. The summed E-state index contributed by atoms with van der Waals surface area (Å²) in [6.45, 7) is 4.46. The molecule has 0 aliphatic carbocycles. The van der Waals surface area contributed by atoms with Crippen molar-refractivity contribution in [3.8, 4) is 0 Å². The fourth-order valence-corrected chi connectivity index (χ4v) is 4.45. The molecule has 0 aliphatic rings. The molecule has 0 amide bonds. The maximum Gasteiger partial charge on any atom is 0.294 e. The Balaban J connectivity index is 2.20. The minimum absolute atomic E-state index is 0.0806. The van der Waals surface area contributed by atoms with Crippen LogP contribution in [0, 0.1) is 5.21 Å². The van der Waals surface area contributed by atoms with E-state index in [1.807, 2.05) is 0 Å². The van der Waals surface area contributed by atoms with Crippen LogP contribution in [-0.4, -0.2) is 16.7 Å². The van der Waals surface area contributed by atoms with Gasteiger partial charge in [0.15, 0.2) is 0 Å². The molecule has 6 heteroatoms. The third kappa shape index (κ3) is 13.9. The Hall–Kier alpha value is -1.72. The second-order valence-corrected chi connectivity index (χ2v) is 9.84. The number of carbonyl (C=O) groups is 2. The Morgan fingerprint density at radius 1 is 0.618 bits per heavy atom. The number of carbonyl (C=O) groups excluding carboxylic acids is 2. The maximum absolute atomic E-state index is 12.6. The van der Waals surface area contributed by atoms with Crippen LogP contribution in [0.3, 0.4) is 0 Å². The van der Waals surface area contributed by atoms with E-state index in [9.17, 15) is 14.8 Å². The number of Topliss-reactive ketones (excluding diaryl/α,β-unsaturated/α-hetero) is 2. The molecular weight excluding hydrogens is 428 g/mol. The minimum Gasteiger partial charge on any atom is -0.359 e. The van der Waals surface area contributed by atoms with E-state index in [0.717, 1.165) is 38.5 Å². The summed E-state index contributed by atoms with van der Waals surface area (Å²) in [5.74, 6) is -0.591. The zero-order valence-corrected chi connectivity index (χ0v) is 22.1. The van der Waals surface area contributed by atoms with E-state index in [1.54, 1.807) is 0 Å². The third-order valence-electron chi connectivity index (χ3n) is 6.66. The average Bonchev–Trinajstić information content (AvgIpc) is 3.22. The second kappa shape index (κ2) is 20.6. The largest absolute Gasteiger partial charge is 0.359 e. The van der Waals surface area contributed by atoms with Crippen LogP contribution in [-0.2, 0) is 0 Å². The number of aromatic nitrogens is 2. The molecule has 6 nitrogen and oxygen atoms in total. The van der Waals surface area contributed by atoms with Crippen molar-refractivity contribution in [2.24, 2.45) is 0 Å². The zero-order valence-electron chi connectivity index (χ0n) is 22.1. The SMILES string of the molecule is CCCCCCCCCCCCC(=O)c1no[n+]([O-])c1C(=O)CCCCCCCCCCCC. The van der Waals surface area contributed by atoms with Gasteiger partial charge in [-0.1, -0.05) is 129 Å². The predicted octanol–water partition coefficient (Wildman–Crippen LogP) is 8.30. The molecule has 0 aromatic carbocycles. The number of nitrogens with zero attached hydrogens (tertiary/aromatic N) is 2. The Bertz CT molecular complexity index is 657. The Morgan fingerprint density at radius 3 is 1.38 bits per heavy atom. The van der Waals surface area contributed by atoms with Gasteiger partial charge >= 0.3 is 0 Å². The number of unbranched alkanes of at least 4 members (excludes halogenated alkanes) is 18. The van der Waals surface area contributed by atoms with Gasteiger partial charge in [-0.05, 0) is 17.7 Å². The van der Waals surface area contributed by atoms with Crippen molar-refractivity contribution >= 4 is 11.6 Å². The first-order valence-corrected chi connectivity index (χ1v) is 14.3. The van der Waals surface area contributed by atoms with E-state index >= 15 is 0 Å². The van der Waals surface area contributed by atoms with Gasteiger partial charge in [0.1, 0.15) is 0 Å². The van der Waals surface area contributed by atoms with E-state index < -0.39 is 0 Å². The summed E-state index contributed by atoms with van der Waals surface area (Å²) in [5, 5.41) is 15.5. The molecule has 1 aromatic heterocycles. The lowest BCUT2D eigenvalue weighted by atomic mass is 10.0. The Kier molecular flexibility index (Phi) is 18.4. The van der Waals surface area contributed by atoms with Gasteiger partial charge in [0.2, 0.25) is 11.6 Å². The van der Waals surface area contributed by atoms with Crippen molar-refractivity contribution in [1.29, 1.82) is 0 Å². The molecule has 0 aliphatic heterocycles. The molecule has 0 fully saturated rings. The smallest absolute Gasteiger partial charge is 0.294 e. The van der Waals surface area contributed by atoms with Crippen molar-refractivity contribution in [2.75, 3.05) is 0 Å². The number of hydrogen-bond acceptors (Lipinski definition) is 5. The third-order valence-corrected chi connectivity index (χ3v) is 6.66. The van der Waals surface area contributed by atoms with E-state index in [0.29, 0.717) is 6.42 Å². The zero-order chi connectivity index (χ0) is 24.9. The minimum atomic E-state index is -0.331. The fourth-order valence-electron chi connectivity index (χ4n) is 4.45. The van der Waals surface area contributed by atoms with Crippen molar-refractivity contribution < 1.29 is 19.1 Å². The first-order valence-electron chi connectivity index (χ1n) is 14.3. The molecule has 0 atom stereocenters. The van der Waals surface area contributed by atoms with Gasteiger partial charge in [0.25, 0.3) is 11.4 Å². The van der Waals surface area contributed by atoms with Gasteiger partial charge < -0.3 is 5.21 Å². The number of ketones is 2. The maximum atomic E-state index is 12.6. The van der Waals surface area contributed by atoms with Gasteiger partial charge in [-0.25, -0.2) is 0 Å². The summed E-state index contributed by atoms with van der Waals surface area (Å²) in [7, 11) is 0. The molecule has 0 spiro atoms. The van der Waals surface area contributed by atoms with E-state index in [2.05, 4.69) is 23.6 Å². The molecular formula is C28H50N2O4. The lowest BCUT2D eigenvalue weighted by molar-refractivity contribution is -0.803. The molecule has 1 heterocycles. The number of rotatable bonds is 24. The van der Waals surface area contributed by atoms with Gasteiger partial charge in [-0.15, -0.1) is 0 Å². The lowest BCUT2D eigenvalue weighted by Crippen LogP contribution is -2.32. The van der Waals surface area contributed by atoms with Crippen LogP contribution in [0.2, 0.25) is 0 Å². The highest BCUT2D eigenvalue weighted by atomic mass is 16.8. The van der Waals surface area contributed by atoms with Crippen LogP contribution in [0.15, 0.2) is 4.63 Å². The molecule has 0 N–H and O–H groups in total. The van der Waals surface area contributed by atoms with E-state index in [1.165, 1.54) is 89.9 Å². The molecule has 0 saturated carbocycles. The van der Waals surface area contributed by atoms with Gasteiger partial charge in [-0.3, -0.25) is 14.2 Å². The Morgan fingerprint density at radius 2 is 0.971 bits per heavy atom. The average molecular weight is 479 g/mol. The van der Waals surface area contributed by atoms with Gasteiger partial charge in [0.05, 0.1) is 5.16 Å². The fraction of sp³-hybridized carbons (Fsp3) is 0.857. The summed E-state index contributed by atoms with van der Waals surface area (Å²) >= 11 is 0. The normalized spacial score (nSPS) is 11.2. The highest BCUT2D eigenvalue weighted by Crippen LogP contribution is 2.16. The Labute approximate surface area is 207 Å². The van der Waals surface area contributed by atoms with Crippen LogP contribution < -0.4 is 4.90 Å². The van der Waals surface area contributed by atoms with Gasteiger partial charge in [-0.2, -0.15) is 0 Å². The topological polar surface area (TPSA) is 87.1 Å². The highest BCUT2D eigenvalue weighted by molar-refractivity contribution is 6.05. The standard InChI is InChI=1S/C28H50N2O4/c1-3-5-7-9-11-13-15-17-19-21-23-25(31)27-28(30(33)34-29-27)26(32)24-22-20-18-16-14-12-10-8-6-4-2/h3-24H2,1-2H3. The second-order valence-electron chi connectivity index (χ2n) is 9.84. The summed E-state index contributed by atoms with van der Waals surface area (Å²) in [4.78, 5) is 25.2. The van der Waals surface area contributed by atoms with Crippen molar-refractivity contribution in [1.82, 2.24) is 5.16 Å². The summed E-state index contributed by atoms with van der Waals surface area (Å²) in [6.07, 6.45) is 24.2. The molecule has 0 radical (unpaired) electrons. The molecule has 34 heavy (non-hydrogen) atoms. The molecule has 0 saturated heterocycles. The summed E-state index contributed by atoms with van der Waals surface area (Å²) in [6, 6.07) is 0. The van der Waals surface area contributed by atoms with Crippen molar-refractivity contribution in [3.63, 3.8) is 0 Å². The lowest BCUT2D eigenvalue weighted by Gasteiger charge is -2.03. The predicted molar refractivity (Wildman–Crippen MR) is 137 cm³/mol. The van der Waals surface area contributed by atoms with E-state index in [-0.39, 0.29) is 34.3 Å². The van der Waals surface area contributed by atoms with Crippen LogP contribution >= 0.6 is 0 Å². The van der Waals surface area contributed by atoms with E-state index in [4.69, 9.17) is 0 Å². The highest BCUT2D eigenvalue weighted by Gasteiger charge is 2.30. The van der Waals surface area contributed by atoms with Crippen LogP contribution in [0.4, 0.5) is 0 Å². The van der Waals surface area contributed by atoms with Crippen LogP contribution in [0.1, 0.15) is 176 Å².